The van der Waals surface area contributed by atoms with Gasteiger partial charge in [-0.25, -0.2) is 4.79 Å². The number of carbonyl (C=O) groups is 1. The lowest BCUT2D eigenvalue weighted by atomic mass is 9.90. The molecule has 1 heterocycles. The molecule has 1 aromatic heterocycles. The zero-order valence-electron chi connectivity index (χ0n) is 12.1. The second kappa shape index (κ2) is 6.53. The summed E-state index contributed by atoms with van der Waals surface area (Å²) in [4.78, 5) is 24.1. The molecule has 0 radical (unpaired) electrons. The number of halogens is 1. The van der Waals surface area contributed by atoms with Crippen molar-refractivity contribution in [3.8, 4) is 0 Å². The molecule has 1 saturated carbocycles. The maximum absolute atomic E-state index is 12.1. The molecule has 0 atom stereocenters. The lowest BCUT2D eigenvalue weighted by molar-refractivity contribution is 0.0375. The third kappa shape index (κ3) is 3.33. The minimum absolute atomic E-state index is 0.0596. The summed E-state index contributed by atoms with van der Waals surface area (Å²) in [7, 11) is 0. The fourth-order valence-corrected chi connectivity index (χ4v) is 3.02. The Bertz CT molecular complexity index is 744. The fourth-order valence-electron chi connectivity index (χ4n) is 2.85. The van der Waals surface area contributed by atoms with Crippen LogP contribution in [0.15, 0.2) is 33.5 Å². The first-order chi connectivity index (χ1) is 10.6. The number of ether oxygens (including phenoxy) is 1. The van der Waals surface area contributed by atoms with Crippen molar-refractivity contribution >= 4 is 28.5 Å². The van der Waals surface area contributed by atoms with Crippen LogP contribution in [0.5, 0.6) is 0 Å². The van der Waals surface area contributed by atoms with Crippen LogP contribution in [0.3, 0.4) is 0 Å². The van der Waals surface area contributed by atoms with Crippen LogP contribution in [0.25, 0.3) is 11.0 Å². The lowest BCUT2D eigenvalue weighted by Crippen LogP contribution is -2.17. The third-order valence-electron chi connectivity index (χ3n) is 4.07. The quantitative estimate of drug-likeness (QED) is 0.796. The molecule has 3 rings (SSSR count). The van der Waals surface area contributed by atoms with Gasteiger partial charge >= 0.3 is 5.97 Å². The first-order valence-electron chi connectivity index (χ1n) is 7.54. The van der Waals surface area contributed by atoms with Crippen molar-refractivity contribution in [2.45, 2.75) is 32.1 Å². The predicted octanol–water partition coefficient (Wildman–Crippen LogP) is 4.18. The number of carbonyl (C=O) groups excluding carboxylic acids is 1. The normalized spacial score (nSPS) is 15.9. The highest BCUT2D eigenvalue weighted by Crippen LogP contribution is 2.24. The van der Waals surface area contributed by atoms with Crippen molar-refractivity contribution < 1.29 is 13.9 Å². The smallest absolute Gasteiger partial charge is 0.374 e. The Balaban J connectivity index is 1.76. The van der Waals surface area contributed by atoms with Gasteiger partial charge in [-0.2, -0.15) is 0 Å². The van der Waals surface area contributed by atoms with Gasteiger partial charge in [0.05, 0.1) is 12.0 Å². The van der Waals surface area contributed by atoms with Crippen molar-refractivity contribution in [3.05, 3.63) is 45.3 Å². The van der Waals surface area contributed by atoms with Gasteiger partial charge in [-0.1, -0.05) is 30.9 Å². The van der Waals surface area contributed by atoms with Crippen LogP contribution in [0.2, 0.25) is 5.02 Å². The Labute approximate surface area is 133 Å². The van der Waals surface area contributed by atoms with Gasteiger partial charge in [0.25, 0.3) is 0 Å². The maximum Gasteiger partial charge on any atom is 0.374 e. The molecule has 0 unspecified atom stereocenters. The van der Waals surface area contributed by atoms with E-state index in [9.17, 15) is 9.59 Å². The highest BCUT2D eigenvalue weighted by molar-refractivity contribution is 6.31. The molecule has 22 heavy (non-hydrogen) atoms. The second-order valence-corrected chi connectivity index (χ2v) is 6.15. The van der Waals surface area contributed by atoms with Gasteiger partial charge in [-0.3, -0.25) is 4.79 Å². The molecular formula is C17H17ClO4. The number of rotatable bonds is 3. The molecule has 1 fully saturated rings. The Kier molecular flexibility index (Phi) is 4.48. The van der Waals surface area contributed by atoms with E-state index in [1.807, 2.05) is 0 Å². The average Bonchev–Trinajstić information content (AvgIpc) is 2.54. The van der Waals surface area contributed by atoms with Crippen molar-refractivity contribution in [3.63, 3.8) is 0 Å². The monoisotopic (exact) mass is 320 g/mol. The summed E-state index contributed by atoms with van der Waals surface area (Å²) in [6.07, 6.45) is 5.81. The zero-order chi connectivity index (χ0) is 15.5. The number of esters is 1. The van der Waals surface area contributed by atoms with E-state index in [4.69, 9.17) is 20.8 Å². The van der Waals surface area contributed by atoms with E-state index in [0.29, 0.717) is 28.5 Å². The van der Waals surface area contributed by atoms with Crippen LogP contribution in [-0.4, -0.2) is 12.6 Å². The minimum atomic E-state index is -0.584. The molecule has 1 aliphatic rings. The molecule has 1 aliphatic carbocycles. The summed E-state index contributed by atoms with van der Waals surface area (Å²) in [6.45, 7) is 0.390. The Morgan fingerprint density at radius 1 is 1.23 bits per heavy atom. The molecule has 0 saturated heterocycles. The molecule has 1 aromatic carbocycles. The van der Waals surface area contributed by atoms with E-state index in [1.165, 1.54) is 31.4 Å². The van der Waals surface area contributed by atoms with Crippen LogP contribution in [0, 0.1) is 5.92 Å². The first kappa shape index (κ1) is 15.1. The Morgan fingerprint density at radius 2 is 2.00 bits per heavy atom. The molecule has 0 bridgehead atoms. The van der Waals surface area contributed by atoms with E-state index >= 15 is 0 Å². The number of hydrogen-bond donors (Lipinski definition) is 0. The maximum atomic E-state index is 12.1. The topological polar surface area (TPSA) is 56.5 Å². The standard InChI is InChI=1S/C17H17ClO4/c18-12-6-7-15-13(8-12)14(19)9-16(22-15)17(20)21-10-11-4-2-1-3-5-11/h6-9,11H,1-5,10H2. The summed E-state index contributed by atoms with van der Waals surface area (Å²) < 4.78 is 10.8. The van der Waals surface area contributed by atoms with Gasteiger partial charge in [-0.05, 0) is 37.0 Å². The summed E-state index contributed by atoms with van der Waals surface area (Å²) in [5.41, 5.74) is 0.0369. The van der Waals surface area contributed by atoms with Crippen LogP contribution in [-0.2, 0) is 4.74 Å². The highest BCUT2D eigenvalue weighted by Gasteiger charge is 2.18. The number of fused-ring (bicyclic) bond motifs is 1. The van der Waals surface area contributed by atoms with Crippen LogP contribution in [0.1, 0.15) is 42.7 Å². The zero-order valence-corrected chi connectivity index (χ0v) is 12.9. The van der Waals surface area contributed by atoms with Gasteiger partial charge in [0.2, 0.25) is 5.76 Å². The van der Waals surface area contributed by atoms with Crippen molar-refractivity contribution in [2.75, 3.05) is 6.61 Å². The molecule has 4 nitrogen and oxygen atoms in total. The summed E-state index contributed by atoms with van der Waals surface area (Å²) in [5, 5.41) is 0.809. The molecule has 116 valence electrons. The molecule has 0 N–H and O–H groups in total. The van der Waals surface area contributed by atoms with Gasteiger partial charge in [0.1, 0.15) is 5.58 Å². The van der Waals surface area contributed by atoms with E-state index in [0.717, 1.165) is 12.8 Å². The van der Waals surface area contributed by atoms with Crippen LogP contribution < -0.4 is 5.43 Å². The summed E-state index contributed by atoms with van der Waals surface area (Å²) in [5.74, 6) is -0.223. The van der Waals surface area contributed by atoms with E-state index in [1.54, 1.807) is 12.1 Å². The average molecular weight is 321 g/mol. The van der Waals surface area contributed by atoms with Crippen molar-refractivity contribution in [2.24, 2.45) is 5.92 Å². The summed E-state index contributed by atoms with van der Waals surface area (Å²) >= 11 is 5.86. The van der Waals surface area contributed by atoms with Crippen molar-refractivity contribution in [1.82, 2.24) is 0 Å². The second-order valence-electron chi connectivity index (χ2n) is 5.72. The molecule has 0 spiro atoms. The van der Waals surface area contributed by atoms with Gasteiger partial charge in [-0.15, -0.1) is 0 Å². The highest BCUT2D eigenvalue weighted by atomic mass is 35.5. The molecular weight excluding hydrogens is 304 g/mol. The van der Waals surface area contributed by atoms with Crippen LogP contribution in [0.4, 0.5) is 0 Å². The third-order valence-corrected chi connectivity index (χ3v) is 4.30. The summed E-state index contributed by atoms with van der Waals surface area (Å²) in [6, 6.07) is 5.89. The Hall–Kier alpha value is -1.81. The van der Waals surface area contributed by atoms with Gasteiger partial charge < -0.3 is 9.15 Å². The first-order valence-corrected chi connectivity index (χ1v) is 7.92. The number of hydrogen-bond acceptors (Lipinski definition) is 4. The fraction of sp³-hybridized carbons (Fsp3) is 0.412. The van der Waals surface area contributed by atoms with E-state index < -0.39 is 5.97 Å². The van der Waals surface area contributed by atoms with Gasteiger partial charge in [0, 0.05) is 11.1 Å². The molecule has 5 heteroatoms. The molecule has 0 aliphatic heterocycles. The minimum Gasteiger partial charge on any atom is -0.460 e. The Morgan fingerprint density at radius 3 is 2.77 bits per heavy atom. The van der Waals surface area contributed by atoms with E-state index in [2.05, 4.69) is 0 Å². The SMILES string of the molecule is O=C(OCC1CCCCC1)c1cc(=O)c2cc(Cl)ccc2o1. The van der Waals surface area contributed by atoms with Crippen LogP contribution >= 0.6 is 11.6 Å². The molecule has 0 amide bonds. The van der Waals surface area contributed by atoms with Crippen molar-refractivity contribution in [1.29, 1.82) is 0 Å². The predicted molar refractivity (Wildman–Crippen MR) is 84.4 cm³/mol. The largest absolute Gasteiger partial charge is 0.460 e. The molecule has 2 aromatic rings. The van der Waals surface area contributed by atoms with Gasteiger partial charge in [0.15, 0.2) is 5.43 Å². The number of benzene rings is 1. The van der Waals surface area contributed by atoms with E-state index in [-0.39, 0.29) is 11.2 Å². The lowest BCUT2D eigenvalue weighted by Gasteiger charge is -2.20.